The summed E-state index contributed by atoms with van der Waals surface area (Å²) in [6.07, 6.45) is -1.39. The summed E-state index contributed by atoms with van der Waals surface area (Å²) < 4.78 is 8.88. The van der Waals surface area contributed by atoms with Gasteiger partial charge in [0.15, 0.2) is 0 Å². The van der Waals surface area contributed by atoms with Crippen LogP contribution in [0, 0.1) is 11.8 Å². The fourth-order valence-electron chi connectivity index (χ4n) is 2.05. The number of carbonyl (C=O) groups excluding carboxylic acids is 2. The molecule has 6 N–H and O–H groups in total. The molecule has 0 bridgehead atoms. The van der Waals surface area contributed by atoms with Crippen molar-refractivity contribution in [1.29, 1.82) is 0 Å². The van der Waals surface area contributed by atoms with Gasteiger partial charge in [-0.25, -0.2) is 4.57 Å². The van der Waals surface area contributed by atoms with E-state index in [-0.39, 0.29) is 24.7 Å². The van der Waals surface area contributed by atoms with E-state index < -0.39 is 31.9 Å². The topological polar surface area (TPSA) is 164 Å². The van der Waals surface area contributed by atoms with Gasteiger partial charge < -0.3 is 24.9 Å². The minimum absolute atomic E-state index is 0.184. The molecule has 2 fully saturated rings. The van der Waals surface area contributed by atoms with E-state index in [1.165, 1.54) is 0 Å². The number of aliphatic hydroxyl groups is 2. The Balaban J connectivity index is 0.000000280. The van der Waals surface area contributed by atoms with Crippen LogP contribution in [-0.2, 0) is 14.2 Å². The first-order chi connectivity index (χ1) is 8.09. The Morgan fingerprint density at radius 1 is 0.944 bits per heavy atom. The molecule has 0 spiro atoms. The summed E-state index contributed by atoms with van der Waals surface area (Å²) in [7, 11) is -4.64. The number of fused-ring (bicyclic) bond motifs is 1. The molecule has 1 aliphatic carbocycles. The van der Waals surface area contributed by atoms with Gasteiger partial charge in [-0.2, -0.15) is 0 Å². The summed E-state index contributed by atoms with van der Waals surface area (Å²) >= 11 is 0. The van der Waals surface area contributed by atoms with Crippen LogP contribution in [-0.4, -0.2) is 48.9 Å². The first-order valence-electron chi connectivity index (χ1n) is 5.08. The molecule has 2 aliphatic rings. The molecular formula is C8H14NO8P. The predicted octanol–water partition coefficient (Wildman–Crippen LogP) is -2.54. The van der Waals surface area contributed by atoms with E-state index in [1.54, 1.807) is 0 Å². The largest absolute Gasteiger partial charge is 0.466 e. The Bertz CT molecular complexity index is 358. The molecule has 18 heavy (non-hydrogen) atoms. The van der Waals surface area contributed by atoms with Crippen molar-refractivity contribution in [1.82, 2.24) is 5.32 Å². The van der Waals surface area contributed by atoms with Gasteiger partial charge in [-0.05, 0) is 12.8 Å². The lowest BCUT2D eigenvalue weighted by Crippen LogP contribution is -2.40. The molecule has 104 valence electrons. The van der Waals surface area contributed by atoms with E-state index in [2.05, 4.69) is 5.32 Å². The number of aliphatic hydroxyl groups excluding tert-OH is 2. The Kier molecular flexibility index (Phi) is 4.60. The second kappa shape index (κ2) is 5.43. The summed E-state index contributed by atoms with van der Waals surface area (Å²) in [5, 5.41) is 20.8. The van der Waals surface area contributed by atoms with Gasteiger partial charge in [0.05, 0.1) is 24.0 Å². The van der Waals surface area contributed by atoms with Gasteiger partial charge in [-0.1, -0.05) is 0 Å². The zero-order valence-electron chi connectivity index (χ0n) is 9.13. The van der Waals surface area contributed by atoms with Crippen molar-refractivity contribution in [3.63, 3.8) is 0 Å². The molecule has 10 heteroatoms. The van der Waals surface area contributed by atoms with Crippen LogP contribution >= 0.6 is 7.82 Å². The molecule has 1 heterocycles. The molecule has 1 saturated carbocycles. The Labute approximate surface area is 102 Å². The maximum absolute atomic E-state index is 11.1. The van der Waals surface area contributed by atoms with Crippen LogP contribution in [0.15, 0.2) is 0 Å². The molecule has 2 amide bonds. The normalized spacial score (nSPS) is 35.4. The highest BCUT2D eigenvalue weighted by Gasteiger charge is 2.47. The maximum Gasteiger partial charge on any atom is 0.466 e. The van der Waals surface area contributed by atoms with Crippen molar-refractivity contribution in [2.45, 2.75) is 25.0 Å². The molecule has 9 nitrogen and oxygen atoms in total. The van der Waals surface area contributed by atoms with Crippen molar-refractivity contribution < 1.29 is 39.0 Å². The Hall–Kier alpha value is -0.830. The third kappa shape index (κ3) is 4.13. The highest BCUT2D eigenvalue weighted by atomic mass is 31.2. The van der Waals surface area contributed by atoms with E-state index in [1.807, 2.05) is 0 Å². The van der Waals surface area contributed by atoms with Crippen molar-refractivity contribution >= 4 is 19.6 Å². The van der Waals surface area contributed by atoms with Crippen LogP contribution in [0.4, 0.5) is 0 Å². The van der Waals surface area contributed by atoms with Gasteiger partial charge in [-0.15, -0.1) is 0 Å². The number of nitrogens with one attached hydrogen (secondary N) is 1. The lowest BCUT2D eigenvalue weighted by molar-refractivity contribution is -0.127. The van der Waals surface area contributed by atoms with Gasteiger partial charge in [0.25, 0.3) is 0 Å². The smallest absolute Gasteiger partial charge is 0.390 e. The second-order valence-corrected chi connectivity index (χ2v) is 5.21. The second-order valence-electron chi connectivity index (χ2n) is 4.19. The number of imide groups is 1. The summed E-state index contributed by atoms with van der Waals surface area (Å²) in [6.45, 7) is 0. The van der Waals surface area contributed by atoms with Gasteiger partial charge in [-0.3, -0.25) is 14.9 Å². The van der Waals surface area contributed by atoms with Crippen molar-refractivity contribution in [2.75, 3.05) is 0 Å². The number of hydrogen-bond acceptors (Lipinski definition) is 5. The molecule has 4 unspecified atom stereocenters. The van der Waals surface area contributed by atoms with E-state index in [0.29, 0.717) is 0 Å². The summed E-state index contributed by atoms with van der Waals surface area (Å²) in [5.74, 6) is -1.52. The van der Waals surface area contributed by atoms with Gasteiger partial charge in [0, 0.05) is 0 Å². The quantitative estimate of drug-likeness (QED) is 0.209. The van der Waals surface area contributed by atoms with Crippen LogP contribution < -0.4 is 5.32 Å². The van der Waals surface area contributed by atoms with Crippen LogP contribution in [0.5, 0.6) is 0 Å². The lowest BCUT2D eigenvalue weighted by Gasteiger charge is -2.29. The summed E-state index contributed by atoms with van der Waals surface area (Å²) in [4.78, 5) is 43.9. The average Bonchev–Trinajstić information content (AvgIpc) is 2.42. The minimum atomic E-state index is -4.64. The number of hydrogen-bond donors (Lipinski definition) is 6. The molecule has 2 rings (SSSR count). The zero-order valence-corrected chi connectivity index (χ0v) is 10.0. The first kappa shape index (κ1) is 15.2. The third-order valence-electron chi connectivity index (χ3n) is 2.84. The number of amides is 2. The van der Waals surface area contributed by atoms with E-state index in [9.17, 15) is 19.8 Å². The van der Waals surface area contributed by atoms with E-state index in [0.717, 1.165) is 0 Å². The van der Waals surface area contributed by atoms with E-state index >= 15 is 0 Å². The molecule has 1 saturated heterocycles. The molecule has 0 aromatic heterocycles. The molecular weight excluding hydrogens is 269 g/mol. The minimum Gasteiger partial charge on any atom is -0.390 e. The zero-order chi connectivity index (χ0) is 14.1. The SMILES string of the molecule is O=C1NC(=O)C2CC(O)C(O)CC12.O=P(O)(O)O. The maximum atomic E-state index is 11.1. The molecule has 0 aromatic carbocycles. The summed E-state index contributed by atoms with van der Waals surface area (Å²) in [6, 6.07) is 0. The van der Waals surface area contributed by atoms with Gasteiger partial charge >= 0.3 is 7.82 Å². The highest BCUT2D eigenvalue weighted by molar-refractivity contribution is 7.45. The highest BCUT2D eigenvalue weighted by Crippen LogP contribution is 2.34. The fraction of sp³-hybridized carbons (Fsp3) is 0.750. The van der Waals surface area contributed by atoms with Crippen LogP contribution in [0.1, 0.15) is 12.8 Å². The number of phosphoric acid groups is 1. The number of rotatable bonds is 0. The average molecular weight is 283 g/mol. The number of carbonyl (C=O) groups is 2. The lowest BCUT2D eigenvalue weighted by atomic mass is 9.78. The van der Waals surface area contributed by atoms with Crippen LogP contribution in [0.2, 0.25) is 0 Å². The molecule has 4 atom stereocenters. The first-order valence-corrected chi connectivity index (χ1v) is 6.65. The van der Waals surface area contributed by atoms with Crippen molar-refractivity contribution in [3.8, 4) is 0 Å². The van der Waals surface area contributed by atoms with Gasteiger partial charge in [0.2, 0.25) is 11.8 Å². The summed E-state index contributed by atoms with van der Waals surface area (Å²) in [5.41, 5.74) is 0. The monoisotopic (exact) mass is 283 g/mol. The van der Waals surface area contributed by atoms with Crippen LogP contribution in [0.25, 0.3) is 0 Å². The van der Waals surface area contributed by atoms with Crippen molar-refractivity contribution in [3.05, 3.63) is 0 Å². The van der Waals surface area contributed by atoms with Crippen LogP contribution in [0.3, 0.4) is 0 Å². The fourth-order valence-corrected chi connectivity index (χ4v) is 2.05. The molecule has 1 aliphatic heterocycles. The third-order valence-corrected chi connectivity index (χ3v) is 2.84. The predicted molar refractivity (Wildman–Crippen MR) is 55.6 cm³/mol. The van der Waals surface area contributed by atoms with Gasteiger partial charge in [0.1, 0.15) is 0 Å². The van der Waals surface area contributed by atoms with E-state index in [4.69, 9.17) is 19.2 Å². The standard InChI is InChI=1S/C8H11NO4.H3O4P/c10-5-1-3-4(2-6(5)11)8(13)9-7(3)12;1-5(2,3)4/h3-6,10-11H,1-2H2,(H,9,12,13);(H3,1,2,3,4). The molecule has 0 radical (unpaired) electrons. The van der Waals surface area contributed by atoms with Crippen molar-refractivity contribution in [2.24, 2.45) is 11.8 Å². The molecule has 0 aromatic rings. The Morgan fingerprint density at radius 2 is 1.22 bits per heavy atom. The Morgan fingerprint density at radius 3 is 1.50 bits per heavy atom.